The number of ether oxygens (including phenoxy) is 1. The molecule has 0 saturated heterocycles. The third-order valence-electron chi connectivity index (χ3n) is 5.70. The molecule has 2 aromatic carbocycles. The van der Waals surface area contributed by atoms with Crippen LogP contribution in [-0.4, -0.2) is 24.5 Å². The van der Waals surface area contributed by atoms with Crippen molar-refractivity contribution < 1.29 is 18.7 Å². The smallest absolute Gasteiger partial charge is 0.294 e. The molecule has 0 radical (unpaired) electrons. The zero-order valence-corrected chi connectivity index (χ0v) is 18.2. The molecule has 1 fully saturated rings. The van der Waals surface area contributed by atoms with Crippen molar-refractivity contribution in [3.63, 3.8) is 0 Å². The highest BCUT2D eigenvalue weighted by molar-refractivity contribution is 6.08. The van der Waals surface area contributed by atoms with Gasteiger partial charge in [-0.3, -0.25) is 14.5 Å². The first-order valence-corrected chi connectivity index (χ1v) is 11.1. The number of nitrogens with zero attached hydrogens (tertiary/aromatic N) is 1. The first-order valence-electron chi connectivity index (χ1n) is 11.1. The minimum absolute atomic E-state index is 0.134. The minimum atomic E-state index is -0.840. The number of furan rings is 1. The minimum Gasteiger partial charge on any atom is -0.494 e. The van der Waals surface area contributed by atoms with E-state index >= 15 is 0 Å². The molecule has 1 aromatic heterocycles. The van der Waals surface area contributed by atoms with E-state index in [-0.39, 0.29) is 23.6 Å². The van der Waals surface area contributed by atoms with Crippen LogP contribution in [0.15, 0.2) is 77.4 Å². The van der Waals surface area contributed by atoms with E-state index < -0.39 is 6.04 Å². The van der Waals surface area contributed by atoms with E-state index in [4.69, 9.17) is 9.15 Å². The maximum Gasteiger partial charge on any atom is 0.294 e. The molecule has 1 saturated carbocycles. The number of benzene rings is 2. The molecule has 1 heterocycles. The summed E-state index contributed by atoms with van der Waals surface area (Å²) in [4.78, 5) is 28.7. The van der Waals surface area contributed by atoms with Gasteiger partial charge in [0, 0.05) is 11.7 Å². The number of carbonyl (C=O) groups excluding carboxylic acids is 2. The standard InChI is InChI=1S/C26H28N2O4/c1-2-31-22-16-14-21(15-17-22)28(26(30)23-13-8-18-32-23)24(19-9-4-3-5-10-19)25(29)27-20-11-6-7-12-20/h3-5,8-10,13-18,20,24H,2,6-7,11-12H2,1H3,(H,27,29)/t24-/m0/s1. The lowest BCUT2D eigenvalue weighted by molar-refractivity contribution is -0.123. The summed E-state index contributed by atoms with van der Waals surface area (Å²) in [6.45, 7) is 2.46. The van der Waals surface area contributed by atoms with Crippen LogP contribution in [0.3, 0.4) is 0 Å². The number of hydrogen-bond donors (Lipinski definition) is 1. The van der Waals surface area contributed by atoms with Gasteiger partial charge in [0.1, 0.15) is 11.8 Å². The highest BCUT2D eigenvalue weighted by atomic mass is 16.5. The molecule has 2 amide bonds. The van der Waals surface area contributed by atoms with Crippen LogP contribution < -0.4 is 15.0 Å². The molecule has 0 aliphatic heterocycles. The highest BCUT2D eigenvalue weighted by Gasteiger charge is 2.35. The molecule has 4 rings (SSSR count). The van der Waals surface area contributed by atoms with Gasteiger partial charge in [-0.25, -0.2) is 0 Å². The van der Waals surface area contributed by atoms with E-state index in [1.807, 2.05) is 37.3 Å². The Morgan fingerprint density at radius 1 is 1.03 bits per heavy atom. The van der Waals surface area contributed by atoms with Crippen LogP contribution in [0, 0.1) is 0 Å². The molecule has 166 valence electrons. The molecule has 1 atom stereocenters. The lowest BCUT2D eigenvalue weighted by Crippen LogP contribution is -2.46. The molecule has 0 bridgehead atoms. The van der Waals surface area contributed by atoms with Gasteiger partial charge in [0.15, 0.2) is 5.76 Å². The zero-order valence-electron chi connectivity index (χ0n) is 18.2. The second-order valence-electron chi connectivity index (χ2n) is 7.88. The number of amides is 2. The van der Waals surface area contributed by atoms with Crippen molar-refractivity contribution in [2.45, 2.75) is 44.7 Å². The van der Waals surface area contributed by atoms with Crippen molar-refractivity contribution in [1.29, 1.82) is 0 Å². The molecule has 32 heavy (non-hydrogen) atoms. The summed E-state index contributed by atoms with van der Waals surface area (Å²) >= 11 is 0. The second kappa shape index (κ2) is 10.2. The monoisotopic (exact) mass is 432 g/mol. The van der Waals surface area contributed by atoms with Crippen LogP contribution in [0.1, 0.15) is 54.8 Å². The van der Waals surface area contributed by atoms with Crippen LogP contribution in [0.5, 0.6) is 5.75 Å². The van der Waals surface area contributed by atoms with Crippen molar-refractivity contribution in [2.75, 3.05) is 11.5 Å². The van der Waals surface area contributed by atoms with E-state index in [0.717, 1.165) is 31.2 Å². The van der Waals surface area contributed by atoms with Gasteiger partial charge in [-0.05, 0) is 61.7 Å². The van der Waals surface area contributed by atoms with E-state index in [2.05, 4.69) is 5.32 Å². The summed E-state index contributed by atoms with van der Waals surface area (Å²) in [5.74, 6) is 0.299. The molecular weight excluding hydrogens is 404 g/mol. The number of rotatable bonds is 8. The normalized spacial score (nSPS) is 14.7. The van der Waals surface area contributed by atoms with Gasteiger partial charge < -0.3 is 14.5 Å². The molecule has 0 spiro atoms. The summed E-state index contributed by atoms with van der Waals surface area (Å²) in [5, 5.41) is 3.17. The lowest BCUT2D eigenvalue weighted by atomic mass is 10.0. The largest absolute Gasteiger partial charge is 0.494 e. The Morgan fingerprint density at radius 2 is 1.75 bits per heavy atom. The highest BCUT2D eigenvalue weighted by Crippen LogP contribution is 2.32. The van der Waals surface area contributed by atoms with Crippen LogP contribution in [0.2, 0.25) is 0 Å². The first kappa shape index (κ1) is 21.7. The van der Waals surface area contributed by atoms with Gasteiger partial charge in [-0.15, -0.1) is 0 Å². The van der Waals surface area contributed by atoms with E-state index in [1.165, 1.54) is 11.2 Å². The van der Waals surface area contributed by atoms with Crippen LogP contribution >= 0.6 is 0 Å². The zero-order chi connectivity index (χ0) is 22.3. The topological polar surface area (TPSA) is 71.8 Å². The van der Waals surface area contributed by atoms with Gasteiger partial charge in [0.2, 0.25) is 5.91 Å². The van der Waals surface area contributed by atoms with Crippen LogP contribution in [0.25, 0.3) is 0 Å². The van der Waals surface area contributed by atoms with Crippen molar-refractivity contribution in [1.82, 2.24) is 5.32 Å². The molecule has 1 aliphatic rings. The SMILES string of the molecule is CCOc1ccc(N(C(=O)c2ccco2)[C@H](C(=O)NC2CCCC2)c2ccccc2)cc1. The maximum absolute atomic E-state index is 13.6. The number of anilines is 1. The molecule has 1 aliphatic carbocycles. The van der Waals surface area contributed by atoms with E-state index in [9.17, 15) is 9.59 Å². The molecule has 3 aromatic rings. The fraction of sp³-hybridized carbons (Fsp3) is 0.308. The fourth-order valence-electron chi connectivity index (χ4n) is 4.18. The van der Waals surface area contributed by atoms with Gasteiger partial charge in [-0.2, -0.15) is 0 Å². The predicted octanol–water partition coefficient (Wildman–Crippen LogP) is 5.13. The quantitative estimate of drug-likeness (QED) is 0.536. The Kier molecular flexibility index (Phi) is 6.90. The van der Waals surface area contributed by atoms with Crippen molar-refractivity contribution in [3.8, 4) is 5.75 Å². The molecule has 0 unspecified atom stereocenters. The predicted molar refractivity (Wildman–Crippen MR) is 123 cm³/mol. The number of nitrogens with one attached hydrogen (secondary N) is 1. The Balaban J connectivity index is 1.76. The van der Waals surface area contributed by atoms with Crippen molar-refractivity contribution >= 4 is 17.5 Å². The van der Waals surface area contributed by atoms with Crippen molar-refractivity contribution in [3.05, 3.63) is 84.3 Å². The Hall–Kier alpha value is -3.54. The number of carbonyl (C=O) groups is 2. The molecule has 6 nitrogen and oxygen atoms in total. The maximum atomic E-state index is 13.6. The van der Waals surface area contributed by atoms with Gasteiger partial charge >= 0.3 is 0 Å². The van der Waals surface area contributed by atoms with Crippen LogP contribution in [-0.2, 0) is 4.79 Å². The number of hydrogen-bond acceptors (Lipinski definition) is 4. The van der Waals surface area contributed by atoms with Crippen molar-refractivity contribution in [2.24, 2.45) is 0 Å². The summed E-state index contributed by atoms with van der Waals surface area (Å²) in [5.41, 5.74) is 1.32. The van der Waals surface area contributed by atoms with Gasteiger partial charge in [0.25, 0.3) is 5.91 Å². The first-order chi connectivity index (χ1) is 15.7. The second-order valence-corrected chi connectivity index (χ2v) is 7.88. The molecule has 1 N–H and O–H groups in total. The van der Waals surface area contributed by atoms with Crippen LogP contribution in [0.4, 0.5) is 5.69 Å². The Bertz CT molecular complexity index is 1010. The molecular formula is C26H28N2O4. The third kappa shape index (κ3) is 4.85. The van der Waals surface area contributed by atoms with E-state index in [1.54, 1.807) is 36.4 Å². The Morgan fingerprint density at radius 3 is 2.38 bits per heavy atom. The average molecular weight is 433 g/mol. The summed E-state index contributed by atoms with van der Waals surface area (Å²) in [7, 11) is 0. The Labute approximate surface area is 188 Å². The summed E-state index contributed by atoms with van der Waals surface area (Å²) in [6.07, 6.45) is 5.59. The van der Waals surface area contributed by atoms with E-state index in [0.29, 0.717) is 18.0 Å². The van der Waals surface area contributed by atoms with Gasteiger partial charge in [-0.1, -0.05) is 43.2 Å². The summed E-state index contributed by atoms with van der Waals surface area (Å²) in [6, 6.07) is 19.2. The lowest BCUT2D eigenvalue weighted by Gasteiger charge is -2.32. The van der Waals surface area contributed by atoms with Gasteiger partial charge in [0.05, 0.1) is 12.9 Å². The fourth-order valence-corrected chi connectivity index (χ4v) is 4.18. The third-order valence-corrected chi connectivity index (χ3v) is 5.70. The molecule has 6 heteroatoms. The average Bonchev–Trinajstić information content (AvgIpc) is 3.53. The summed E-state index contributed by atoms with van der Waals surface area (Å²) < 4.78 is 11.0.